The molecule has 43 heavy (non-hydrogen) atoms. The molecule has 15 heteroatoms. The smallest absolute Gasteiger partial charge is 0.422 e. The summed E-state index contributed by atoms with van der Waals surface area (Å²) < 4.78 is 66.6. The lowest BCUT2D eigenvalue weighted by molar-refractivity contribution is -0.313. The van der Waals surface area contributed by atoms with Crippen molar-refractivity contribution in [3.05, 3.63) is 76.3 Å². The molecule has 2 aliphatic heterocycles. The van der Waals surface area contributed by atoms with E-state index in [1.54, 1.807) is 20.8 Å². The molecule has 3 heterocycles. The summed E-state index contributed by atoms with van der Waals surface area (Å²) >= 11 is 6.08. The van der Waals surface area contributed by atoms with Gasteiger partial charge in [-0.05, 0) is 45.9 Å². The van der Waals surface area contributed by atoms with Crippen LogP contribution in [0.1, 0.15) is 55.9 Å². The third-order valence-electron chi connectivity index (χ3n) is 6.71. The number of aliphatic hydroxyl groups is 1. The number of nitrogens with one attached hydrogen (secondary N) is 2. The Morgan fingerprint density at radius 2 is 1.86 bits per heavy atom. The van der Waals surface area contributed by atoms with Crippen LogP contribution in [0.3, 0.4) is 0 Å². The molecule has 3 N–H and O–H groups in total. The molecule has 2 aliphatic rings. The van der Waals surface area contributed by atoms with Crippen molar-refractivity contribution < 1.29 is 42.0 Å². The van der Waals surface area contributed by atoms with E-state index in [4.69, 9.17) is 30.5 Å². The van der Waals surface area contributed by atoms with Gasteiger partial charge in [-0.15, -0.1) is 0 Å². The molecule has 0 saturated carbocycles. The van der Waals surface area contributed by atoms with E-state index in [0.29, 0.717) is 5.56 Å². The number of rotatable bonds is 5. The first-order chi connectivity index (χ1) is 20.2. The zero-order valence-corrected chi connectivity index (χ0v) is 24.4. The van der Waals surface area contributed by atoms with Gasteiger partial charge in [-0.1, -0.05) is 41.9 Å². The van der Waals surface area contributed by atoms with Gasteiger partial charge in [0.2, 0.25) is 0 Å². The Bertz CT molecular complexity index is 1450. The highest BCUT2D eigenvalue weighted by molar-refractivity contribution is 6.30. The Labute approximate surface area is 250 Å². The number of carbonyl (C=O) groups excluding carboxylic acids is 1. The van der Waals surface area contributed by atoms with Crippen LogP contribution in [-0.2, 0) is 25.1 Å². The molecule has 0 radical (unpaired) electrons. The predicted molar refractivity (Wildman–Crippen MR) is 146 cm³/mol. The fourth-order valence-electron chi connectivity index (χ4n) is 4.96. The maximum absolute atomic E-state index is 14.0. The number of aromatic nitrogens is 3. The lowest BCUT2D eigenvalue weighted by atomic mass is 9.91. The second-order valence-corrected chi connectivity index (χ2v) is 11.6. The lowest BCUT2D eigenvalue weighted by Gasteiger charge is -2.48. The number of benzene rings is 2. The topological polar surface area (TPSA) is 129 Å². The highest BCUT2D eigenvalue weighted by Crippen LogP contribution is 2.41. The molecular weight excluding hydrogens is 595 g/mol. The number of alkyl halides is 3. The summed E-state index contributed by atoms with van der Waals surface area (Å²) in [5.74, 6) is 0.00293. The molecule has 2 aromatic carbocycles. The summed E-state index contributed by atoms with van der Waals surface area (Å²) in [6.45, 7) is 6.56. The first kappa shape index (κ1) is 31.2. The average molecular weight is 626 g/mol. The van der Waals surface area contributed by atoms with Crippen LogP contribution in [-0.4, -0.2) is 62.5 Å². The van der Waals surface area contributed by atoms with Crippen molar-refractivity contribution in [2.24, 2.45) is 0 Å². The summed E-state index contributed by atoms with van der Waals surface area (Å²) in [4.78, 5) is 16.8. The molecular formula is C28H31ClF3N5O6. The molecule has 1 amide bonds. The van der Waals surface area contributed by atoms with E-state index in [9.17, 15) is 23.1 Å². The van der Waals surface area contributed by atoms with Gasteiger partial charge in [0.1, 0.15) is 35.8 Å². The summed E-state index contributed by atoms with van der Waals surface area (Å²) in [6.07, 6.45) is -10.9. The van der Waals surface area contributed by atoms with Crippen LogP contribution in [0.15, 0.2) is 48.5 Å². The van der Waals surface area contributed by atoms with Crippen molar-refractivity contribution in [2.45, 2.75) is 76.2 Å². The fourth-order valence-corrected chi connectivity index (χ4v) is 5.12. The normalized spacial score (nSPS) is 26.1. The van der Waals surface area contributed by atoms with Crippen LogP contribution in [0.2, 0.25) is 5.02 Å². The van der Waals surface area contributed by atoms with Crippen LogP contribution in [0, 0.1) is 6.92 Å². The maximum Gasteiger partial charge on any atom is 0.422 e. The second-order valence-electron chi connectivity index (χ2n) is 11.1. The monoisotopic (exact) mass is 625 g/mol. The molecule has 0 spiro atoms. The van der Waals surface area contributed by atoms with Gasteiger partial charge in [-0.2, -0.15) is 18.3 Å². The second kappa shape index (κ2) is 12.0. The molecule has 6 atom stereocenters. The van der Waals surface area contributed by atoms with Gasteiger partial charge >= 0.3 is 12.3 Å². The van der Waals surface area contributed by atoms with Crippen LogP contribution < -0.4 is 10.9 Å². The first-order valence-corrected chi connectivity index (χ1v) is 13.8. The number of hydrogen-bond donors (Lipinski definition) is 3. The Hall–Kier alpha value is -3.27. The molecule has 3 aromatic rings. The number of aliphatic hydroxyl groups excluding tert-OH is 1. The highest BCUT2D eigenvalue weighted by atomic mass is 35.5. The SMILES string of the molecule is Cc1nc([C@@H]2OC3COC(c4ccccc4)O[C@@H]3C(NNC(=O)OC(C)(C)C)C2O)n(-c2cc(Cl)ccc2C(F)(F)F)n1. The summed E-state index contributed by atoms with van der Waals surface area (Å²) in [6, 6.07) is 11.1. The number of halogens is 4. The van der Waals surface area contributed by atoms with Gasteiger partial charge < -0.3 is 24.1 Å². The summed E-state index contributed by atoms with van der Waals surface area (Å²) in [7, 11) is 0. The molecule has 1 aromatic heterocycles. The minimum absolute atomic E-state index is 0.00382. The first-order valence-electron chi connectivity index (χ1n) is 13.4. The number of ether oxygens (including phenoxy) is 4. The molecule has 11 nitrogen and oxygen atoms in total. The van der Waals surface area contributed by atoms with E-state index < -0.39 is 65.9 Å². The van der Waals surface area contributed by atoms with Crippen LogP contribution in [0.5, 0.6) is 0 Å². The largest absolute Gasteiger partial charge is 0.443 e. The zero-order chi connectivity index (χ0) is 31.1. The van der Waals surface area contributed by atoms with Gasteiger partial charge in [-0.3, -0.25) is 5.43 Å². The zero-order valence-electron chi connectivity index (χ0n) is 23.6. The van der Waals surface area contributed by atoms with Crippen molar-refractivity contribution in [1.29, 1.82) is 0 Å². The number of carbonyl (C=O) groups is 1. The minimum atomic E-state index is -4.74. The Balaban J connectivity index is 1.50. The number of hydrogen-bond acceptors (Lipinski definition) is 9. The molecule has 232 valence electrons. The Morgan fingerprint density at radius 3 is 2.53 bits per heavy atom. The van der Waals surface area contributed by atoms with Crippen molar-refractivity contribution in [2.75, 3.05) is 6.61 Å². The third-order valence-corrected chi connectivity index (χ3v) is 6.95. The van der Waals surface area contributed by atoms with Gasteiger partial charge in [0.25, 0.3) is 0 Å². The quantitative estimate of drug-likeness (QED) is 0.350. The fraction of sp³-hybridized carbons (Fsp3) is 0.464. The molecule has 2 saturated heterocycles. The van der Waals surface area contributed by atoms with Gasteiger partial charge in [-0.25, -0.2) is 19.9 Å². The van der Waals surface area contributed by atoms with E-state index in [0.717, 1.165) is 22.9 Å². The molecule has 2 fully saturated rings. The van der Waals surface area contributed by atoms with Gasteiger partial charge in [0.05, 0.1) is 23.9 Å². The maximum atomic E-state index is 14.0. The van der Waals surface area contributed by atoms with Crippen molar-refractivity contribution in [3.8, 4) is 5.69 Å². The number of hydrazine groups is 1. The van der Waals surface area contributed by atoms with Crippen LogP contribution >= 0.6 is 11.6 Å². The molecule has 0 aliphatic carbocycles. The average Bonchev–Trinajstić information content (AvgIpc) is 3.32. The number of nitrogens with zero attached hydrogens (tertiary/aromatic N) is 3. The van der Waals surface area contributed by atoms with E-state index in [1.165, 1.54) is 6.92 Å². The van der Waals surface area contributed by atoms with Crippen molar-refractivity contribution >= 4 is 17.7 Å². The predicted octanol–water partition coefficient (Wildman–Crippen LogP) is 4.56. The summed E-state index contributed by atoms with van der Waals surface area (Å²) in [5, 5.41) is 15.9. The van der Waals surface area contributed by atoms with E-state index >= 15 is 0 Å². The van der Waals surface area contributed by atoms with Crippen LogP contribution in [0.4, 0.5) is 18.0 Å². The Kier molecular flexibility index (Phi) is 8.71. The van der Waals surface area contributed by atoms with E-state index in [1.807, 2.05) is 30.3 Å². The number of aryl methyl sites for hydroxylation is 1. The van der Waals surface area contributed by atoms with E-state index in [2.05, 4.69) is 20.9 Å². The van der Waals surface area contributed by atoms with Crippen LogP contribution in [0.25, 0.3) is 5.69 Å². The molecule has 0 bridgehead atoms. The Morgan fingerprint density at radius 1 is 1.14 bits per heavy atom. The summed E-state index contributed by atoms with van der Waals surface area (Å²) in [5.41, 5.74) is 3.71. The molecule has 4 unspecified atom stereocenters. The lowest BCUT2D eigenvalue weighted by Crippen LogP contribution is -2.66. The van der Waals surface area contributed by atoms with E-state index in [-0.39, 0.29) is 23.3 Å². The number of fused-ring (bicyclic) bond motifs is 1. The standard InChI is InChI=1S/C28H31ClF3N5O6/c1-14-33-24(37(36-14)18-12-16(29)10-11-17(18)28(30,31)32)23-21(38)20(34-35-26(39)43-27(2,3)4)22-19(41-23)13-40-25(42-22)15-8-6-5-7-9-15/h5-12,19-23,25,34,38H,13H2,1-4H3,(H,35,39)/t19?,20?,21?,22-,23+,25?/m0/s1. The minimum Gasteiger partial charge on any atom is -0.443 e. The third kappa shape index (κ3) is 6.95. The number of amides is 1. The van der Waals surface area contributed by atoms with Crippen molar-refractivity contribution in [3.63, 3.8) is 0 Å². The van der Waals surface area contributed by atoms with Crippen molar-refractivity contribution in [1.82, 2.24) is 25.6 Å². The highest BCUT2D eigenvalue weighted by Gasteiger charge is 2.51. The molecule has 5 rings (SSSR count). The van der Waals surface area contributed by atoms with Gasteiger partial charge in [0.15, 0.2) is 12.1 Å². The van der Waals surface area contributed by atoms with Gasteiger partial charge in [0, 0.05) is 10.6 Å².